The maximum atomic E-state index is 13.5. The molecular weight excluding hydrogens is 394 g/mol. The summed E-state index contributed by atoms with van der Waals surface area (Å²) < 4.78 is 0. The number of carbonyl (C=O) groups is 2. The summed E-state index contributed by atoms with van der Waals surface area (Å²) in [5.74, 6) is 0.0210. The second-order valence-electron chi connectivity index (χ2n) is 7.58. The topological polar surface area (TPSA) is 62.3 Å². The first-order valence-electron chi connectivity index (χ1n) is 10.3. The van der Waals surface area contributed by atoms with Gasteiger partial charge in [-0.2, -0.15) is 0 Å². The third-order valence-electron chi connectivity index (χ3n) is 5.46. The average Bonchev–Trinajstić information content (AvgIpc) is 3.35. The molecule has 0 saturated carbocycles. The van der Waals surface area contributed by atoms with E-state index in [1.54, 1.807) is 23.5 Å². The first-order chi connectivity index (χ1) is 14.7. The van der Waals surface area contributed by atoms with Gasteiger partial charge >= 0.3 is 0 Å². The zero-order valence-corrected chi connectivity index (χ0v) is 17.6. The first-order valence-corrected chi connectivity index (χ1v) is 11.2. The van der Waals surface area contributed by atoms with Crippen molar-refractivity contribution in [2.45, 2.75) is 31.2 Å². The highest BCUT2D eigenvalue weighted by atomic mass is 32.1. The predicted octanol–water partition coefficient (Wildman–Crippen LogP) is 3.89. The molecule has 0 bridgehead atoms. The van der Waals surface area contributed by atoms with E-state index >= 15 is 0 Å². The van der Waals surface area contributed by atoms with Gasteiger partial charge in [0.05, 0.1) is 5.01 Å². The lowest BCUT2D eigenvalue weighted by atomic mass is 9.97. The second-order valence-corrected chi connectivity index (χ2v) is 8.50. The Kier molecular flexibility index (Phi) is 6.54. The molecule has 0 spiro atoms. The van der Waals surface area contributed by atoms with Gasteiger partial charge in [0.15, 0.2) is 0 Å². The Balaban J connectivity index is 1.51. The van der Waals surface area contributed by atoms with Crippen LogP contribution >= 0.6 is 11.3 Å². The number of thiazole rings is 1. The molecule has 1 N–H and O–H groups in total. The zero-order chi connectivity index (χ0) is 20.8. The van der Waals surface area contributed by atoms with Crippen molar-refractivity contribution in [2.75, 3.05) is 13.1 Å². The Morgan fingerprint density at radius 1 is 1.10 bits per heavy atom. The Morgan fingerprint density at radius 3 is 2.53 bits per heavy atom. The summed E-state index contributed by atoms with van der Waals surface area (Å²) in [6, 6.07) is 18.3. The molecule has 1 saturated heterocycles. The maximum Gasteiger partial charge on any atom is 0.251 e. The van der Waals surface area contributed by atoms with E-state index in [0.717, 1.165) is 23.4 Å². The average molecular weight is 420 g/mol. The SMILES string of the molecule is O=C(NC(Cc1ccccc1)C(=O)N1CCCC(c2nccs2)C1)c1ccccc1. The smallest absolute Gasteiger partial charge is 0.251 e. The lowest BCUT2D eigenvalue weighted by Crippen LogP contribution is -2.52. The molecule has 6 heteroatoms. The molecule has 5 nitrogen and oxygen atoms in total. The molecule has 1 aliphatic rings. The van der Waals surface area contributed by atoms with Crippen LogP contribution in [0, 0.1) is 0 Å². The van der Waals surface area contributed by atoms with Crippen molar-refractivity contribution in [1.82, 2.24) is 15.2 Å². The summed E-state index contributed by atoms with van der Waals surface area (Å²) >= 11 is 1.64. The fourth-order valence-electron chi connectivity index (χ4n) is 3.92. The zero-order valence-electron chi connectivity index (χ0n) is 16.7. The highest BCUT2D eigenvalue weighted by molar-refractivity contribution is 7.09. The molecule has 3 aromatic rings. The number of nitrogens with zero attached hydrogens (tertiary/aromatic N) is 2. The van der Waals surface area contributed by atoms with Crippen molar-refractivity contribution in [2.24, 2.45) is 0 Å². The summed E-state index contributed by atoms with van der Waals surface area (Å²) in [6.45, 7) is 1.37. The van der Waals surface area contributed by atoms with Gasteiger partial charge in [0.1, 0.15) is 6.04 Å². The monoisotopic (exact) mass is 419 g/mol. The number of likely N-dealkylation sites (tertiary alicyclic amines) is 1. The van der Waals surface area contributed by atoms with Crippen LogP contribution < -0.4 is 5.32 Å². The lowest BCUT2D eigenvalue weighted by molar-refractivity contribution is -0.134. The molecule has 4 rings (SSSR count). The quantitative estimate of drug-likeness (QED) is 0.659. The van der Waals surface area contributed by atoms with Gasteiger partial charge in [-0.1, -0.05) is 48.5 Å². The molecule has 154 valence electrons. The number of aromatic nitrogens is 1. The van der Waals surface area contributed by atoms with Crippen LogP contribution in [-0.2, 0) is 11.2 Å². The van der Waals surface area contributed by atoms with Crippen molar-refractivity contribution in [1.29, 1.82) is 0 Å². The van der Waals surface area contributed by atoms with Crippen LogP contribution in [0.15, 0.2) is 72.2 Å². The van der Waals surface area contributed by atoms with Gasteiger partial charge in [-0.15, -0.1) is 11.3 Å². The van der Waals surface area contributed by atoms with E-state index in [1.165, 1.54) is 0 Å². The fourth-order valence-corrected chi connectivity index (χ4v) is 4.68. The summed E-state index contributed by atoms with van der Waals surface area (Å²) in [6.07, 6.45) is 4.27. The minimum absolute atomic E-state index is 0.0237. The highest BCUT2D eigenvalue weighted by Gasteiger charge is 2.31. The summed E-state index contributed by atoms with van der Waals surface area (Å²) in [7, 11) is 0. The molecule has 1 aliphatic heterocycles. The fraction of sp³-hybridized carbons (Fsp3) is 0.292. The minimum Gasteiger partial charge on any atom is -0.340 e. The Morgan fingerprint density at radius 2 is 1.83 bits per heavy atom. The molecule has 2 heterocycles. The second kappa shape index (κ2) is 9.67. The van der Waals surface area contributed by atoms with Crippen molar-refractivity contribution in [3.63, 3.8) is 0 Å². The molecular formula is C24H25N3O2S. The van der Waals surface area contributed by atoms with Gasteiger partial charge in [-0.3, -0.25) is 9.59 Å². The van der Waals surface area contributed by atoms with E-state index in [-0.39, 0.29) is 17.7 Å². The number of nitrogens with one attached hydrogen (secondary N) is 1. The largest absolute Gasteiger partial charge is 0.340 e. The maximum absolute atomic E-state index is 13.5. The van der Waals surface area contributed by atoms with Gasteiger partial charge in [-0.05, 0) is 30.5 Å². The third-order valence-corrected chi connectivity index (χ3v) is 6.39. The number of rotatable bonds is 6. The molecule has 1 fully saturated rings. The van der Waals surface area contributed by atoms with Crippen molar-refractivity contribution in [3.8, 4) is 0 Å². The van der Waals surface area contributed by atoms with E-state index in [2.05, 4.69) is 10.3 Å². The van der Waals surface area contributed by atoms with E-state index in [9.17, 15) is 9.59 Å². The number of hydrogen-bond acceptors (Lipinski definition) is 4. The molecule has 1 aromatic heterocycles. The minimum atomic E-state index is -0.602. The number of benzene rings is 2. The van der Waals surface area contributed by atoms with Crippen LogP contribution in [0.25, 0.3) is 0 Å². The Bertz CT molecular complexity index is 961. The van der Waals surface area contributed by atoms with Gasteiger partial charge in [0.25, 0.3) is 5.91 Å². The van der Waals surface area contributed by atoms with E-state index in [0.29, 0.717) is 25.1 Å². The van der Waals surface area contributed by atoms with Crippen LogP contribution in [0.4, 0.5) is 0 Å². The molecule has 0 aliphatic carbocycles. The number of piperidine rings is 1. The number of amides is 2. The van der Waals surface area contributed by atoms with Crippen LogP contribution in [-0.4, -0.2) is 40.8 Å². The molecule has 2 unspecified atom stereocenters. The van der Waals surface area contributed by atoms with Gasteiger partial charge in [0, 0.05) is 42.6 Å². The van der Waals surface area contributed by atoms with E-state index in [1.807, 2.05) is 65.0 Å². The summed E-state index contributed by atoms with van der Waals surface area (Å²) in [5, 5.41) is 6.05. The van der Waals surface area contributed by atoms with Crippen LogP contribution in [0.5, 0.6) is 0 Å². The first kappa shape index (κ1) is 20.3. The molecule has 30 heavy (non-hydrogen) atoms. The molecule has 2 aromatic carbocycles. The summed E-state index contributed by atoms with van der Waals surface area (Å²) in [4.78, 5) is 32.6. The molecule has 0 radical (unpaired) electrons. The van der Waals surface area contributed by atoms with Crippen LogP contribution in [0.2, 0.25) is 0 Å². The normalized spacial score (nSPS) is 17.3. The van der Waals surface area contributed by atoms with Gasteiger partial charge in [-0.25, -0.2) is 4.98 Å². The van der Waals surface area contributed by atoms with Gasteiger partial charge in [0.2, 0.25) is 5.91 Å². The van der Waals surface area contributed by atoms with Crippen molar-refractivity contribution in [3.05, 3.63) is 88.4 Å². The Labute approximate surface area is 180 Å². The number of hydrogen-bond donors (Lipinski definition) is 1. The standard InChI is InChI=1S/C24H25N3O2S/c28-22(19-10-5-2-6-11-19)26-21(16-18-8-3-1-4-9-18)24(29)27-14-7-12-20(17-27)23-25-13-15-30-23/h1-6,8-11,13,15,20-21H,7,12,14,16-17H2,(H,26,28). The predicted molar refractivity (Wildman–Crippen MR) is 119 cm³/mol. The molecule has 2 atom stereocenters. The molecule has 2 amide bonds. The highest BCUT2D eigenvalue weighted by Crippen LogP contribution is 2.28. The Hall–Kier alpha value is -2.99. The van der Waals surface area contributed by atoms with Crippen molar-refractivity contribution < 1.29 is 9.59 Å². The lowest BCUT2D eigenvalue weighted by Gasteiger charge is -2.34. The third kappa shape index (κ3) is 4.94. The van der Waals surface area contributed by atoms with Crippen molar-refractivity contribution >= 4 is 23.2 Å². The van der Waals surface area contributed by atoms with Crippen LogP contribution in [0.3, 0.4) is 0 Å². The van der Waals surface area contributed by atoms with E-state index in [4.69, 9.17) is 0 Å². The summed E-state index contributed by atoms with van der Waals surface area (Å²) in [5.41, 5.74) is 1.58. The van der Waals surface area contributed by atoms with Crippen LogP contribution in [0.1, 0.15) is 39.7 Å². The number of carbonyl (C=O) groups excluding carboxylic acids is 2. The van der Waals surface area contributed by atoms with E-state index < -0.39 is 6.04 Å². The van der Waals surface area contributed by atoms with Gasteiger partial charge < -0.3 is 10.2 Å².